The van der Waals surface area contributed by atoms with Crippen molar-refractivity contribution in [1.29, 1.82) is 0 Å². The Morgan fingerprint density at radius 3 is 2.34 bits per heavy atom. The Labute approximate surface area is 228 Å². The van der Waals surface area contributed by atoms with Gasteiger partial charge in [-0.3, -0.25) is 19.7 Å². The summed E-state index contributed by atoms with van der Waals surface area (Å²) < 4.78 is 5.18. The van der Waals surface area contributed by atoms with Crippen LogP contribution in [-0.4, -0.2) is 23.8 Å². The predicted molar refractivity (Wildman–Crippen MR) is 149 cm³/mol. The number of methoxy groups -OCH3 is 1. The highest BCUT2D eigenvalue weighted by atomic mass is 35.5. The lowest BCUT2D eigenvalue weighted by atomic mass is 10.1. The fourth-order valence-corrected chi connectivity index (χ4v) is 4.94. The second-order valence-corrected chi connectivity index (χ2v) is 9.62. The van der Waals surface area contributed by atoms with E-state index in [9.17, 15) is 19.7 Å². The van der Waals surface area contributed by atoms with Crippen molar-refractivity contribution >= 4 is 52.2 Å². The molecule has 0 saturated heterocycles. The molecule has 0 aliphatic carbocycles. The highest BCUT2D eigenvalue weighted by molar-refractivity contribution is 8.00. The van der Waals surface area contributed by atoms with Gasteiger partial charge in [0, 0.05) is 34.0 Å². The third-order valence-electron chi connectivity index (χ3n) is 5.42. The molecule has 0 radical (unpaired) electrons. The zero-order valence-electron chi connectivity index (χ0n) is 20.1. The predicted octanol–water partition coefficient (Wildman–Crippen LogP) is 6.98. The van der Waals surface area contributed by atoms with Crippen molar-refractivity contribution in [3.8, 4) is 5.75 Å². The number of nitro groups is 1. The zero-order valence-corrected chi connectivity index (χ0v) is 21.7. The summed E-state index contributed by atoms with van der Waals surface area (Å²) in [6.45, 7) is 0. The van der Waals surface area contributed by atoms with Crippen LogP contribution in [0.5, 0.6) is 5.75 Å². The second kappa shape index (κ2) is 12.3. The number of rotatable bonds is 9. The standard InChI is InChI=1S/C28H22ClN3O5S/c1-37-25-14-13-21(17-24(25)29)31-28(34)26(18-7-3-2-4-8-18)38-23-12-6-10-20(16-23)30-27(33)19-9-5-11-22(15-19)32(35)36/h2-17,26H,1H3,(H,30,33)(H,31,34). The number of non-ortho nitro benzene ring substituents is 1. The summed E-state index contributed by atoms with van der Waals surface area (Å²) in [5.74, 6) is -0.235. The summed E-state index contributed by atoms with van der Waals surface area (Å²) >= 11 is 7.53. The summed E-state index contributed by atoms with van der Waals surface area (Å²) in [4.78, 5) is 37.3. The molecule has 4 aromatic carbocycles. The van der Waals surface area contributed by atoms with E-state index in [2.05, 4.69) is 10.6 Å². The molecule has 192 valence electrons. The average molecular weight is 548 g/mol. The lowest BCUT2D eigenvalue weighted by molar-refractivity contribution is -0.384. The highest BCUT2D eigenvalue weighted by Crippen LogP contribution is 2.38. The molecular weight excluding hydrogens is 526 g/mol. The number of hydrogen-bond acceptors (Lipinski definition) is 6. The smallest absolute Gasteiger partial charge is 0.270 e. The molecule has 8 nitrogen and oxygen atoms in total. The molecule has 0 bridgehead atoms. The molecule has 2 amide bonds. The molecule has 1 unspecified atom stereocenters. The fourth-order valence-electron chi connectivity index (χ4n) is 3.60. The van der Waals surface area contributed by atoms with Crippen molar-refractivity contribution in [3.05, 3.63) is 123 Å². The van der Waals surface area contributed by atoms with Crippen LogP contribution in [0, 0.1) is 10.1 Å². The van der Waals surface area contributed by atoms with Crippen molar-refractivity contribution in [2.24, 2.45) is 0 Å². The summed E-state index contributed by atoms with van der Waals surface area (Å²) in [6.07, 6.45) is 0. The van der Waals surface area contributed by atoms with E-state index in [4.69, 9.17) is 16.3 Å². The van der Waals surface area contributed by atoms with E-state index in [1.165, 1.54) is 43.1 Å². The largest absolute Gasteiger partial charge is 0.495 e. The van der Waals surface area contributed by atoms with E-state index in [-0.39, 0.29) is 17.2 Å². The number of benzene rings is 4. The van der Waals surface area contributed by atoms with Gasteiger partial charge in [0.2, 0.25) is 5.91 Å². The lowest BCUT2D eigenvalue weighted by Gasteiger charge is -2.18. The summed E-state index contributed by atoms with van der Waals surface area (Å²) in [5.41, 5.74) is 1.80. The van der Waals surface area contributed by atoms with Gasteiger partial charge in [0.05, 0.1) is 17.1 Å². The van der Waals surface area contributed by atoms with Crippen molar-refractivity contribution < 1.29 is 19.2 Å². The quantitative estimate of drug-likeness (QED) is 0.133. The Kier molecular flexibility index (Phi) is 8.62. The zero-order chi connectivity index (χ0) is 27.1. The first-order valence-corrected chi connectivity index (χ1v) is 12.6. The molecule has 10 heteroatoms. The summed E-state index contributed by atoms with van der Waals surface area (Å²) in [5, 5.41) is 16.5. The molecule has 38 heavy (non-hydrogen) atoms. The first-order valence-electron chi connectivity index (χ1n) is 11.4. The van der Waals surface area contributed by atoms with Gasteiger partial charge >= 0.3 is 0 Å². The van der Waals surface area contributed by atoms with Gasteiger partial charge in [-0.05, 0) is 48.0 Å². The van der Waals surface area contributed by atoms with Crippen molar-refractivity contribution in [1.82, 2.24) is 0 Å². The Hall–Kier alpha value is -4.34. The number of nitrogens with zero attached hydrogens (tertiary/aromatic N) is 1. The molecule has 0 spiro atoms. The highest BCUT2D eigenvalue weighted by Gasteiger charge is 2.23. The molecule has 0 heterocycles. The SMILES string of the molecule is COc1ccc(NC(=O)C(Sc2cccc(NC(=O)c3cccc([N+](=O)[O-])c3)c2)c2ccccc2)cc1Cl. The maximum absolute atomic E-state index is 13.4. The van der Waals surface area contributed by atoms with Crippen LogP contribution < -0.4 is 15.4 Å². The number of nitrogens with one attached hydrogen (secondary N) is 2. The van der Waals surface area contributed by atoms with Crippen molar-refractivity contribution in [2.75, 3.05) is 17.7 Å². The summed E-state index contributed by atoms with van der Waals surface area (Å²) in [7, 11) is 1.52. The van der Waals surface area contributed by atoms with Crippen LogP contribution in [0.1, 0.15) is 21.2 Å². The monoisotopic (exact) mass is 547 g/mol. The first kappa shape index (κ1) is 26.7. The minimum atomic E-state index is -0.611. The minimum absolute atomic E-state index is 0.164. The van der Waals surface area contributed by atoms with E-state index in [1.807, 2.05) is 36.4 Å². The molecule has 4 rings (SSSR count). The van der Waals surface area contributed by atoms with Gasteiger partial charge in [0.1, 0.15) is 11.0 Å². The maximum atomic E-state index is 13.4. The Balaban J connectivity index is 1.54. The Morgan fingerprint density at radius 2 is 1.63 bits per heavy atom. The van der Waals surface area contributed by atoms with E-state index < -0.39 is 16.1 Å². The van der Waals surface area contributed by atoms with Gasteiger partial charge in [-0.2, -0.15) is 0 Å². The van der Waals surface area contributed by atoms with Crippen LogP contribution in [-0.2, 0) is 4.79 Å². The molecule has 0 saturated carbocycles. The normalized spacial score (nSPS) is 11.3. The maximum Gasteiger partial charge on any atom is 0.270 e. The molecular formula is C28H22ClN3O5S. The molecule has 0 fully saturated rings. The van der Waals surface area contributed by atoms with Gasteiger partial charge in [-0.15, -0.1) is 11.8 Å². The minimum Gasteiger partial charge on any atom is -0.495 e. The van der Waals surface area contributed by atoms with Gasteiger partial charge in [0.25, 0.3) is 11.6 Å². The molecule has 0 aliphatic heterocycles. The molecule has 4 aromatic rings. The Bertz CT molecular complexity index is 1480. The van der Waals surface area contributed by atoms with Crippen molar-refractivity contribution in [3.63, 3.8) is 0 Å². The number of hydrogen-bond donors (Lipinski definition) is 2. The second-order valence-electron chi connectivity index (χ2n) is 8.04. The van der Waals surface area contributed by atoms with Crippen LogP contribution in [0.4, 0.5) is 17.1 Å². The van der Waals surface area contributed by atoms with E-state index >= 15 is 0 Å². The van der Waals surface area contributed by atoms with E-state index in [0.717, 1.165) is 10.5 Å². The Morgan fingerprint density at radius 1 is 0.895 bits per heavy atom. The first-order chi connectivity index (χ1) is 18.3. The number of nitro benzene ring substituents is 1. The molecule has 0 aliphatic rings. The van der Waals surface area contributed by atoms with Crippen LogP contribution in [0.25, 0.3) is 0 Å². The van der Waals surface area contributed by atoms with E-state index in [1.54, 1.807) is 36.4 Å². The number of carbonyl (C=O) groups is 2. The molecule has 2 N–H and O–H groups in total. The van der Waals surface area contributed by atoms with Gasteiger partial charge < -0.3 is 15.4 Å². The number of carbonyl (C=O) groups excluding carboxylic acids is 2. The summed E-state index contributed by atoms with van der Waals surface area (Å²) in [6, 6.07) is 26.9. The fraction of sp³-hybridized carbons (Fsp3) is 0.0714. The number of anilines is 2. The topological polar surface area (TPSA) is 111 Å². The average Bonchev–Trinajstić information content (AvgIpc) is 2.92. The van der Waals surface area contributed by atoms with Crippen LogP contribution >= 0.6 is 23.4 Å². The third-order valence-corrected chi connectivity index (χ3v) is 6.97. The van der Waals surface area contributed by atoms with Crippen LogP contribution in [0.15, 0.2) is 102 Å². The van der Waals surface area contributed by atoms with Crippen molar-refractivity contribution in [2.45, 2.75) is 10.1 Å². The number of thioether (sulfide) groups is 1. The van der Waals surface area contributed by atoms with Gasteiger partial charge in [-0.25, -0.2) is 0 Å². The molecule has 1 atom stereocenters. The van der Waals surface area contributed by atoms with E-state index in [0.29, 0.717) is 22.1 Å². The lowest BCUT2D eigenvalue weighted by Crippen LogP contribution is -2.19. The molecule has 0 aromatic heterocycles. The van der Waals surface area contributed by atoms with Gasteiger partial charge in [0.15, 0.2) is 0 Å². The third kappa shape index (κ3) is 6.70. The van der Waals surface area contributed by atoms with Gasteiger partial charge in [-0.1, -0.05) is 54.1 Å². The number of halogens is 1. The number of ether oxygens (including phenoxy) is 1. The van der Waals surface area contributed by atoms with Crippen LogP contribution in [0.2, 0.25) is 5.02 Å². The number of amides is 2. The van der Waals surface area contributed by atoms with Crippen LogP contribution in [0.3, 0.4) is 0 Å².